The highest BCUT2D eigenvalue weighted by atomic mass is 19.1. The SMILES string of the molecule is CC(C)(C)OC(=O)N1CC[C@@H](c2ccc(O)cc2)[C@H](F)C1. The Bertz CT molecular complexity index is 495. The van der Waals surface area contributed by atoms with Crippen LogP contribution in [-0.2, 0) is 4.74 Å². The number of aromatic hydroxyl groups is 1. The highest BCUT2D eigenvalue weighted by molar-refractivity contribution is 5.68. The van der Waals surface area contributed by atoms with Crippen molar-refractivity contribution in [2.45, 2.75) is 44.9 Å². The minimum atomic E-state index is -1.13. The predicted molar refractivity (Wildman–Crippen MR) is 78.2 cm³/mol. The van der Waals surface area contributed by atoms with Gasteiger partial charge in [0.25, 0.3) is 0 Å². The summed E-state index contributed by atoms with van der Waals surface area (Å²) in [6.45, 7) is 5.89. The van der Waals surface area contributed by atoms with Gasteiger partial charge in [0.1, 0.15) is 17.5 Å². The molecule has 4 nitrogen and oxygen atoms in total. The Morgan fingerprint density at radius 2 is 1.95 bits per heavy atom. The van der Waals surface area contributed by atoms with Gasteiger partial charge in [-0.15, -0.1) is 0 Å². The van der Waals surface area contributed by atoms with Crippen LogP contribution in [0.3, 0.4) is 0 Å². The largest absolute Gasteiger partial charge is 0.508 e. The van der Waals surface area contributed by atoms with Crippen LogP contribution in [0.15, 0.2) is 24.3 Å². The Balaban J connectivity index is 1.99. The van der Waals surface area contributed by atoms with Crippen molar-refractivity contribution < 1.29 is 19.0 Å². The number of carbonyl (C=O) groups excluding carboxylic acids is 1. The van der Waals surface area contributed by atoms with Crippen LogP contribution in [0, 0.1) is 0 Å². The van der Waals surface area contributed by atoms with Gasteiger partial charge >= 0.3 is 6.09 Å². The number of phenolic OH excluding ortho intramolecular Hbond substituents is 1. The summed E-state index contributed by atoms with van der Waals surface area (Å²) >= 11 is 0. The maximum Gasteiger partial charge on any atom is 0.410 e. The molecule has 1 aliphatic heterocycles. The van der Waals surface area contributed by atoms with Crippen molar-refractivity contribution in [3.8, 4) is 5.75 Å². The third-order valence-corrected chi connectivity index (χ3v) is 3.51. The zero-order valence-corrected chi connectivity index (χ0v) is 12.7. The van der Waals surface area contributed by atoms with Gasteiger partial charge in [-0.2, -0.15) is 0 Å². The lowest BCUT2D eigenvalue weighted by atomic mass is 9.88. The van der Waals surface area contributed by atoms with Crippen molar-refractivity contribution in [1.29, 1.82) is 0 Å². The molecule has 1 aromatic carbocycles. The van der Waals surface area contributed by atoms with Crippen LogP contribution >= 0.6 is 0 Å². The Morgan fingerprint density at radius 3 is 2.48 bits per heavy atom. The van der Waals surface area contributed by atoms with E-state index in [1.54, 1.807) is 45.0 Å². The molecule has 21 heavy (non-hydrogen) atoms. The lowest BCUT2D eigenvalue weighted by molar-refractivity contribution is 0.0111. The molecule has 1 N–H and O–H groups in total. The minimum absolute atomic E-state index is 0.0421. The van der Waals surface area contributed by atoms with Crippen molar-refractivity contribution >= 4 is 6.09 Å². The molecule has 0 radical (unpaired) electrons. The summed E-state index contributed by atoms with van der Waals surface area (Å²) in [5.41, 5.74) is 0.278. The summed E-state index contributed by atoms with van der Waals surface area (Å²) in [5.74, 6) is -0.0790. The lowest BCUT2D eigenvalue weighted by Crippen LogP contribution is -2.46. The number of halogens is 1. The molecule has 5 heteroatoms. The van der Waals surface area contributed by atoms with E-state index < -0.39 is 17.9 Å². The fourth-order valence-electron chi connectivity index (χ4n) is 2.49. The van der Waals surface area contributed by atoms with Crippen LogP contribution in [0.4, 0.5) is 9.18 Å². The van der Waals surface area contributed by atoms with Gasteiger partial charge in [0.2, 0.25) is 0 Å². The smallest absolute Gasteiger partial charge is 0.410 e. The maximum absolute atomic E-state index is 14.4. The fourth-order valence-corrected chi connectivity index (χ4v) is 2.49. The number of hydrogen-bond acceptors (Lipinski definition) is 3. The highest BCUT2D eigenvalue weighted by Crippen LogP contribution is 2.31. The van der Waals surface area contributed by atoms with Gasteiger partial charge in [0, 0.05) is 12.5 Å². The van der Waals surface area contributed by atoms with Gasteiger partial charge < -0.3 is 14.7 Å². The average molecular weight is 295 g/mol. The second kappa shape index (κ2) is 5.92. The molecule has 2 atom stereocenters. The molecule has 1 saturated heterocycles. The number of nitrogens with zero attached hydrogens (tertiary/aromatic N) is 1. The molecule has 1 amide bonds. The molecule has 0 bridgehead atoms. The van der Waals surface area contributed by atoms with E-state index in [1.807, 2.05) is 0 Å². The van der Waals surface area contributed by atoms with Crippen LogP contribution in [0.2, 0.25) is 0 Å². The van der Waals surface area contributed by atoms with Crippen molar-refractivity contribution in [3.63, 3.8) is 0 Å². The molecule has 0 aliphatic carbocycles. The Hall–Kier alpha value is -1.78. The van der Waals surface area contributed by atoms with Gasteiger partial charge in [-0.3, -0.25) is 0 Å². The van der Waals surface area contributed by atoms with Gasteiger partial charge in [-0.05, 0) is 44.9 Å². The van der Waals surface area contributed by atoms with Gasteiger partial charge in [0.15, 0.2) is 0 Å². The predicted octanol–water partition coefficient (Wildman–Crippen LogP) is 3.45. The molecule has 0 unspecified atom stereocenters. The van der Waals surface area contributed by atoms with Crippen molar-refractivity contribution in [2.24, 2.45) is 0 Å². The minimum Gasteiger partial charge on any atom is -0.508 e. The molecule has 0 spiro atoms. The lowest BCUT2D eigenvalue weighted by Gasteiger charge is -2.35. The average Bonchev–Trinajstić information content (AvgIpc) is 2.38. The van der Waals surface area contributed by atoms with Gasteiger partial charge in [-0.1, -0.05) is 12.1 Å². The molecular formula is C16H22FNO3. The van der Waals surface area contributed by atoms with E-state index in [0.29, 0.717) is 13.0 Å². The maximum atomic E-state index is 14.4. The fraction of sp³-hybridized carbons (Fsp3) is 0.562. The van der Waals surface area contributed by atoms with Crippen LogP contribution < -0.4 is 0 Å². The van der Waals surface area contributed by atoms with E-state index in [4.69, 9.17) is 4.74 Å². The van der Waals surface area contributed by atoms with E-state index in [9.17, 15) is 14.3 Å². The topological polar surface area (TPSA) is 49.8 Å². The standard InChI is InChI=1S/C16H22FNO3/c1-16(2,3)21-15(20)18-9-8-13(14(17)10-18)11-4-6-12(19)7-5-11/h4-7,13-14,19H,8-10H2,1-3H3/t13-,14+/m0/s1. The van der Waals surface area contributed by atoms with Gasteiger partial charge in [-0.25, -0.2) is 9.18 Å². The number of ether oxygens (including phenoxy) is 1. The summed E-state index contributed by atoms with van der Waals surface area (Å²) in [6, 6.07) is 6.58. The van der Waals surface area contributed by atoms with Gasteiger partial charge in [0.05, 0.1) is 6.54 Å². The van der Waals surface area contributed by atoms with Crippen LogP contribution in [0.5, 0.6) is 5.75 Å². The van der Waals surface area contributed by atoms with E-state index in [-0.39, 0.29) is 18.2 Å². The van der Waals surface area contributed by atoms with E-state index in [1.165, 1.54) is 4.90 Å². The molecule has 1 fully saturated rings. The second-order valence-corrected chi connectivity index (χ2v) is 6.43. The first-order chi connectivity index (χ1) is 9.76. The van der Waals surface area contributed by atoms with Crippen LogP contribution in [0.1, 0.15) is 38.7 Å². The Labute approximate surface area is 124 Å². The Kier molecular flexibility index (Phi) is 4.40. The first kappa shape index (κ1) is 15.6. The zero-order valence-electron chi connectivity index (χ0n) is 12.7. The normalized spacial score (nSPS) is 23.0. The molecular weight excluding hydrogens is 273 g/mol. The summed E-state index contributed by atoms with van der Waals surface area (Å²) in [7, 11) is 0. The number of hydrogen-bond donors (Lipinski definition) is 1. The summed E-state index contributed by atoms with van der Waals surface area (Å²) in [5, 5.41) is 9.28. The molecule has 0 saturated carbocycles. The summed E-state index contributed by atoms with van der Waals surface area (Å²) < 4.78 is 19.6. The molecule has 0 aromatic heterocycles. The first-order valence-corrected chi connectivity index (χ1v) is 7.17. The van der Waals surface area contributed by atoms with E-state index in [0.717, 1.165) is 5.56 Å². The molecule has 1 aliphatic rings. The highest BCUT2D eigenvalue weighted by Gasteiger charge is 2.34. The molecule has 2 rings (SSSR count). The van der Waals surface area contributed by atoms with Crippen LogP contribution in [0.25, 0.3) is 0 Å². The monoisotopic (exact) mass is 295 g/mol. The number of rotatable bonds is 1. The second-order valence-electron chi connectivity index (χ2n) is 6.43. The van der Waals surface area contributed by atoms with Crippen molar-refractivity contribution in [3.05, 3.63) is 29.8 Å². The molecule has 1 heterocycles. The first-order valence-electron chi connectivity index (χ1n) is 7.17. The third-order valence-electron chi connectivity index (χ3n) is 3.51. The number of piperidine rings is 1. The van der Waals surface area contributed by atoms with Crippen molar-refractivity contribution in [2.75, 3.05) is 13.1 Å². The number of phenols is 1. The van der Waals surface area contributed by atoms with E-state index in [2.05, 4.69) is 0 Å². The number of likely N-dealkylation sites (tertiary alicyclic amines) is 1. The van der Waals surface area contributed by atoms with E-state index >= 15 is 0 Å². The van der Waals surface area contributed by atoms with Crippen molar-refractivity contribution in [1.82, 2.24) is 4.90 Å². The quantitative estimate of drug-likeness (QED) is 0.863. The Morgan fingerprint density at radius 1 is 1.33 bits per heavy atom. The number of carbonyl (C=O) groups is 1. The summed E-state index contributed by atoms with van der Waals surface area (Å²) in [4.78, 5) is 13.4. The third kappa shape index (κ3) is 4.09. The number of amides is 1. The summed E-state index contributed by atoms with van der Waals surface area (Å²) in [6.07, 6.45) is -1.05. The number of alkyl halides is 1. The number of benzene rings is 1. The molecule has 1 aromatic rings. The molecule has 116 valence electrons. The van der Waals surface area contributed by atoms with Crippen LogP contribution in [-0.4, -0.2) is 41.0 Å². The zero-order chi connectivity index (χ0) is 15.6.